The van der Waals surface area contributed by atoms with Gasteiger partial charge in [0, 0.05) is 36.2 Å². The predicted molar refractivity (Wildman–Crippen MR) is 130 cm³/mol. The van der Waals surface area contributed by atoms with Gasteiger partial charge in [-0.05, 0) is 49.9 Å². The molecule has 0 aromatic carbocycles. The van der Waals surface area contributed by atoms with Crippen molar-refractivity contribution in [1.82, 2.24) is 0 Å². The summed E-state index contributed by atoms with van der Waals surface area (Å²) in [5, 5.41) is 20.1. The highest BCUT2D eigenvalue weighted by Gasteiger charge is 2.42. The molecule has 7 heteroatoms. The van der Waals surface area contributed by atoms with Crippen molar-refractivity contribution in [2.75, 3.05) is 25.2 Å². The van der Waals surface area contributed by atoms with E-state index in [-0.39, 0.29) is 35.2 Å². The van der Waals surface area contributed by atoms with Gasteiger partial charge in [-0.25, -0.2) is 0 Å². The fourth-order valence-corrected chi connectivity index (χ4v) is 7.24. The van der Waals surface area contributed by atoms with Gasteiger partial charge < -0.3 is 15.1 Å². The molecule has 0 amide bonds. The SMILES string of the molecule is CCC1(C(O)CC=C[C@H]2[C@H](SCCO)CC(=O)[C@@H]2CCCCCCP(C)(=O)O)CCC1. The minimum Gasteiger partial charge on any atom is -0.396 e. The number of thioether (sulfide) groups is 1. The normalized spacial score (nSPS) is 28.5. The molecular formula is C24H43O5PS. The molecule has 0 aliphatic heterocycles. The maximum absolute atomic E-state index is 12.7. The lowest BCUT2D eigenvalue weighted by Gasteiger charge is -2.45. The number of carbonyl (C=O) groups is 1. The lowest BCUT2D eigenvalue weighted by molar-refractivity contribution is -0.121. The smallest absolute Gasteiger partial charge is 0.197 e. The molecule has 2 aliphatic rings. The highest BCUT2D eigenvalue weighted by atomic mass is 32.2. The highest BCUT2D eigenvalue weighted by Crippen LogP contribution is 2.48. The van der Waals surface area contributed by atoms with Crippen molar-refractivity contribution in [2.24, 2.45) is 17.3 Å². The van der Waals surface area contributed by atoms with Crippen LogP contribution >= 0.6 is 19.1 Å². The first-order chi connectivity index (χ1) is 14.7. The number of unbranched alkanes of at least 4 members (excludes halogenated alkanes) is 3. The van der Waals surface area contributed by atoms with Crippen molar-refractivity contribution in [3.63, 3.8) is 0 Å². The Kier molecular flexibility index (Phi) is 11.3. The minimum absolute atomic E-state index is 0.0172. The Morgan fingerprint density at radius 2 is 1.97 bits per heavy atom. The first-order valence-corrected chi connectivity index (χ1v) is 15.5. The summed E-state index contributed by atoms with van der Waals surface area (Å²) in [7, 11) is -2.91. The van der Waals surface area contributed by atoms with E-state index in [1.165, 1.54) is 13.1 Å². The third-order valence-corrected chi connectivity index (χ3v) is 9.92. The standard InChI is InChI=1S/C24H43O5PS/c1-3-24(13-9-14-24)23(27)12-8-11-20-19(21(26)18-22(20)31-17-15-25)10-6-4-5-7-16-30(2,28)29/h8,11,19-20,22-23,25,27H,3-7,9-10,12-18H2,1-2H3,(H,28,29)/t19-,20-,22-,23?/m1/s1. The summed E-state index contributed by atoms with van der Waals surface area (Å²) in [6.07, 6.45) is 14.5. The highest BCUT2D eigenvalue weighted by molar-refractivity contribution is 8.00. The van der Waals surface area contributed by atoms with Gasteiger partial charge in [-0.15, -0.1) is 0 Å². The number of hydrogen-bond donors (Lipinski definition) is 3. The molecule has 3 N–H and O–H groups in total. The number of aliphatic hydroxyl groups is 2. The maximum Gasteiger partial charge on any atom is 0.197 e. The van der Waals surface area contributed by atoms with Crippen molar-refractivity contribution in [3.05, 3.63) is 12.2 Å². The molecule has 0 saturated heterocycles. The summed E-state index contributed by atoms with van der Waals surface area (Å²) in [5.74, 6) is 1.16. The van der Waals surface area contributed by atoms with Crippen molar-refractivity contribution < 1.29 is 24.5 Å². The summed E-state index contributed by atoms with van der Waals surface area (Å²) >= 11 is 1.69. The topological polar surface area (TPSA) is 94.8 Å². The summed E-state index contributed by atoms with van der Waals surface area (Å²) < 4.78 is 11.4. The van der Waals surface area contributed by atoms with Gasteiger partial charge in [0.15, 0.2) is 7.37 Å². The zero-order chi connectivity index (χ0) is 22.9. The molecule has 0 heterocycles. The van der Waals surface area contributed by atoms with Crippen LogP contribution in [-0.2, 0) is 9.36 Å². The molecule has 2 fully saturated rings. The fourth-order valence-electron chi connectivity index (χ4n) is 5.24. The van der Waals surface area contributed by atoms with E-state index in [0.29, 0.717) is 30.5 Å². The van der Waals surface area contributed by atoms with Gasteiger partial charge in [-0.2, -0.15) is 11.8 Å². The van der Waals surface area contributed by atoms with Crippen molar-refractivity contribution in [3.8, 4) is 0 Å². The van der Waals surface area contributed by atoms with Gasteiger partial charge >= 0.3 is 0 Å². The second kappa shape index (κ2) is 12.9. The predicted octanol–water partition coefficient (Wildman–Crippen LogP) is 5.02. The molecule has 2 rings (SSSR count). The van der Waals surface area contributed by atoms with Crippen LogP contribution in [0.2, 0.25) is 0 Å². The van der Waals surface area contributed by atoms with E-state index in [2.05, 4.69) is 19.1 Å². The molecule has 0 aromatic heterocycles. The van der Waals surface area contributed by atoms with E-state index in [1.54, 1.807) is 11.8 Å². The Morgan fingerprint density at radius 3 is 2.55 bits per heavy atom. The van der Waals surface area contributed by atoms with Gasteiger partial charge in [0.1, 0.15) is 5.78 Å². The van der Waals surface area contributed by atoms with Gasteiger partial charge in [0.05, 0.1) is 12.7 Å². The Labute approximate surface area is 192 Å². The van der Waals surface area contributed by atoms with Crippen LogP contribution in [0, 0.1) is 17.3 Å². The molecule has 0 bridgehead atoms. The van der Waals surface area contributed by atoms with E-state index in [0.717, 1.165) is 51.4 Å². The Hall–Kier alpha value is -0.130. The van der Waals surface area contributed by atoms with Crippen LogP contribution in [-0.4, -0.2) is 57.4 Å². The van der Waals surface area contributed by atoms with Crippen LogP contribution in [0.5, 0.6) is 0 Å². The van der Waals surface area contributed by atoms with E-state index in [1.807, 2.05) is 0 Å². The Morgan fingerprint density at radius 1 is 1.26 bits per heavy atom. The van der Waals surface area contributed by atoms with E-state index in [9.17, 15) is 24.5 Å². The van der Waals surface area contributed by atoms with Crippen LogP contribution in [0.3, 0.4) is 0 Å². The molecule has 0 radical (unpaired) electrons. The summed E-state index contributed by atoms with van der Waals surface area (Å²) in [6, 6.07) is 0. The quantitative estimate of drug-likeness (QED) is 0.175. The first-order valence-electron chi connectivity index (χ1n) is 12.1. The average molecular weight is 475 g/mol. The summed E-state index contributed by atoms with van der Waals surface area (Å²) in [5.41, 5.74) is 0.0945. The molecular weight excluding hydrogens is 431 g/mol. The largest absolute Gasteiger partial charge is 0.396 e. The fraction of sp³-hybridized carbons (Fsp3) is 0.875. The van der Waals surface area contributed by atoms with Crippen LogP contribution in [0.15, 0.2) is 12.2 Å². The van der Waals surface area contributed by atoms with Crippen molar-refractivity contribution in [1.29, 1.82) is 0 Å². The van der Waals surface area contributed by atoms with E-state index >= 15 is 0 Å². The Balaban J connectivity index is 1.89. The number of carbonyl (C=O) groups excluding carboxylic acids is 1. The molecule has 0 aromatic rings. The van der Waals surface area contributed by atoms with Crippen molar-refractivity contribution >= 4 is 24.9 Å². The summed E-state index contributed by atoms with van der Waals surface area (Å²) in [4.78, 5) is 22.1. The average Bonchev–Trinajstić information content (AvgIpc) is 2.96. The Bertz CT molecular complexity index is 622. The molecule has 5 atom stereocenters. The lowest BCUT2D eigenvalue weighted by atomic mass is 9.63. The number of ketones is 1. The number of rotatable bonds is 15. The van der Waals surface area contributed by atoms with Gasteiger partial charge in [0.25, 0.3) is 0 Å². The third-order valence-electron chi connectivity index (χ3n) is 7.45. The molecule has 0 spiro atoms. The molecule has 180 valence electrons. The molecule has 2 unspecified atom stereocenters. The van der Waals surface area contributed by atoms with Gasteiger partial charge in [-0.1, -0.05) is 44.8 Å². The van der Waals surface area contributed by atoms with Gasteiger partial charge in [0.2, 0.25) is 0 Å². The maximum atomic E-state index is 12.7. The molecule has 5 nitrogen and oxygen atoms in total. The van der Waals surface area contributed by atoms with Crippen molar-refractivity contribution in [2.45, 2.75) is 88.9 Å². The van der Waals surface area contributed by atoms with E-state index in [4.69, 9.17) is 0 Å². The molecule has 2 saturated carbocycles. The second-order valence-corrected chi connectivity index (χ2v) is 13.6. The molecule has 31 heavy (non-hydrogen) atoms. The third kappa shape index (κ3) is 8.30. The number of hydrogen-bond acceptors (Lipinski definition) is 5. The number of Topliss-reactive ketones (excluding diaryl/α,β-unsaturated/α-hetero) is 1. The zero-order valence-corrected chi connectivity index (χ0v) is 21.1. The minimum atomic E-state index is -2.91. The van der Waals surface area contributed by atoms with E-state index < -0.39 is 7.37 Å². The monoisotopic (exact) mass is 474 g/mol. The van der Waals surface area contributed by atoms with Crippen LogP contribution in [0.1, 0.15) is 77.6 Å². The summed E-state index contributed by atoms with van der Waals surface area (Å²) in [6.45, 7) is 3.70. The van der Waals surface area contributed by atoms with Crippen LogP contribution < -0.4 is 0 Å². The van der Waals surface area contributed by atoms with Gasteiger partial charge in [-0.3, -0.25) is 9.36 Å². The van der Waals surface area contributed by atoms with Crippen LogP contribution in [0.25, 0.3) is 0 Å². The number of allylic oxidation sites excluding steroid dienone is 1. The number of aliphatic hydroxyl groups excluding tert-OH is 2. The first kappa shape index (κ1) is 27.1. The van der Waals surface area contributed by atoms with Crippen LogP contribution in [0.4, 0.5) is 0 Å². The zero-order valence-electron chi connectivity index (χ0n) is 19.4. The second-order valence-electron chi connectivity index (χ2n) is 9.71. The lowest BCUT2D eigenvalue weighted by Crippen LogP contribution is -2.40. The molecule has 2 aliphatic carbocycles.